The van der Waals surface area contributed by atoms with Gasteiger partial charge in [-0.2, -0.15) is 5.10 Å². The lowest BCUT2D eigenvalue weighted by atomic mass is 10.0. The smallest absolute Gasteiger partial charge is 0.178 e. The average Bonchev–Trinajstić information content (AvgIpc) is 3.43. The predicted octanol–water partition coefficient (Wildman–Crippen LogP) is 4.45. The van der Waals surface area contributed by atoms with E-state index in [1.165, 1.54) is 12.8 Å². The largest absolute Gasteiger partial charge is 0.399 e. The number of benzene rings is 1. The molecule has 4 heterocycles. The topological polar surface area (TPSA) is 84.4 Å². The summed E-state index contributed by atoms with van der Waals surface area (Å²) in [7, 11) is 0. The van der Waals surface area contributed by atoms with Gasteiger partial charge in [0.05, 0.1) is 5.69 Å². The summed E-state index contributed by atoms with van der Waals surface area (Å²) in [5.41, 5.74) is 10.9. The summed E-state index contributed by atoms with van der Waals surface area (Å²) in [5.74, 6) is 1.78. The number of anilines is 3. The maximum Gasteiger partial charge on any atom is 0.178 e. The fraction of sp³-hybridized carbons (Fsp3) is 0.208. The van der Waals surface area contributed by atoms with Gasteiger partial charge in [-0.1, -0.05) is 30.8 Å². The van der Waals surface area contributed by atoms with E-state index in [-0.39, 0.29) is 0 Å². The van der Waals surface area contributed by atoms with Crippen molar-refractivity contribution in [2.75, 3.05) is 16.8 Å². The van der Waals surface area contributed by atoms with Gasteiger partial charge in [0, 0.05) is 30.0 Å². The molecule has 3 aromatic heterocycles. The Hall–Kier alpha value is -3.87. The Morgan fingerprint density at radius 3 is 2.84 bits per heavy atom. The Bertz CT molecular complexity index is 1260. The monoisotopic (exact) mass is 411 g/mol. The Morgan fingerprint density at radius 2 is 2.03 bits per heavy atom. The Balaban J connectivity index is 1.53. The number of nitrogens with one attached hydrogen (secondary N) is 1. The molecule has 0 bridgehead atoms. The van der Waals surface area contributed by atoms with E-state index in [2.05, 4.69) is 45.9 Å². The summed E-state index contributed by atoms with van der Waals surface area (Å²) in [6.45, 7) is 7.15. The van der Waals surface area contributed by atoms with Crippen LogP contribution in [0.3, 0.4) is 0 Å². The van der Waals surface area contributed by atoms with Gasteiger partial charge < -0.3 is 16.0 Å². The van der Waals surface area contributed by atoms with Gasteiger partial charge in [0.15, 0.2) is 5.65 Å². The van der Waals surface area contributed by atoms with Crippen LogP contribution >= 0.6 is 0 Å². The summed E-state index contributed by atoms with van der Waals surface area (Å²) in [5, 5.41) is 7.81. The van der Waals surface area contributed by atoms with Gasteiger partial charge in [0.1, 0.15) is 18.0 Å². The van der Waals surface area contributed by atoms with Crippen LogP contribution in [0.15, 0.2) is 67.6 Å². The lowest BCUT2D eigenvalue weighted by molar-refractivity contribution is 0.727. The second-order valence-electron chi connectivity index (χ2n) is 7.97. The van der Waals surface area contributed by atoms with Gasteiger partial charge in [0.25, 0.3) is 0 Å². The van der Waals surface area contributed by atoms with Gasteiger partial charge in [-0.05, 0) is 55.2 Å². The van der Waals surface area contributed by atoms with E-state index in [1.54, 1.807) is 10.8 Å². The van der Waals surface area contributed by atoms with E-state index in [0.717, 1.165) is 46.2 Å². The Morgan fingerprint density at radius 1 is 1.16 bits per heavy atom. The highest BCUT2D eigenvalue weighted by atomic mass is 15.3. The van der Waals surface area contributed by atoms with Crippen molar-refractivity contribution in [3.8, 4) is 11.1 Å². The maximum absolute atomic E-state index is 5.90. The second-order valence-corrected chi connectivity index (χ2v) is 7.97. The normalized spacial score (nSPS) is 16.0. The number of hydrogen-bond acceptors (Lipinski definition) is 6. The van der Waals surface area contributed by atoms with Gasteiger partial charge in [-0.25, -0.2) is 14.5 Å². The van der Waals surface area contributed by atoms with E-state index < -0.39 is 0 Å². The molecule has 31 heavy (non-hydrogen) atoms. The molecule has 3 N–H and O–H groups in total. The van der Waals surface area contributed by atoms with Crippen molar-refractivity contribution in [1.29, 1.82) is 0 Å². The highest BCUT2D eigenvalue weighted by Crippen LogP contribution is 2.30. The molecule has 0 saturated carbocycles. The molecule has 7 nitrogen and oxygen atoms in total. The average molecular weight is 412 g/mol. The van der Waals surface area contributed by atoms with Gasteiger partial charge in [-0.3, -0.25) is 0 Å². The van der Waals surface area contributed by atoms with Crippen molar-refractivity contribution in [2.24, 2.45) is 5.73 Å². The molecule has 0 radical (unpaired) electrons. The summed E-state index contributed by atoms with van der Waals surface area (Å²) >= 11 is 0. The summed E-state index contributed by atoms with van der Waals surface area (Å²) in [6, 6.07) is 16.7. The molecule has 4 aromatic rings. The molecule has 0 spiro atoms. The first kappa shape index (κ1) is 19.1. The van der Waals surface area contributed by atoms with Crippen LogP contribution in [0, 0.1) is 0 Å². The lowest BCUT2D eigenvalue weighted by Crippen LogP contribution is -2.27. The van der Waals surface area contributed by atoms with Crippen molar-refractivity contribution >= 4 is 28.7 Å². The zero-order chi connectivity index (χ0) is 21.4. The van der Waals surface area contributed by atoms with Crippen LogP contribution in [0.25, 0.3) is 22.5 Å². The minimum atomic E-state index is 0.513. The molecular weight excluding hydrogens is 386 g/mol. The number of aromatic nitrogens is 4. The number of nitrogens with zero attached hydrogens (tertiary/aromatic N) is 5. The van der Waals surface area contributed by atoms with Gasteiger partial charge in [-0.15, -0.1) is 0 Å². The van der Waals surface area contributed by atoms with Crippen LogP contribution < -0.4 is 16.0 Å². The maximum atomic E-state index is 5.90. The van der Waals surface area contributed by atoms with Crippen molar-refractivity contribution < 1.29 is 0 Å². The number of pyridine rings is 2. The van der Waals surface area contributed by atoms with Crippen LogP contribution in [0.4, 0.5) is 17.3 Å². The van der Waals surface area contributed by atoms with Crippen LogP contribution in [-0.4, -0.2) is 32.2 Å². The molecule has 0 amide bonds. The van der Waals surface area contributed by atoms with Crippen LogP contribution in [0.2, 0.25) is 0 Å². The molecule has 1 aliphatic heterocycles. The third-order valence-corrected chi connectivity index (χ3v) is 5.79. The quantitative estimate of drug-likeness (QED) is 0.505. The van der Waals surface area contributed by atoms with Gasteiger partial charge >= 0.3 is 0 Å². The lowest BCUT2D eigenvalue weighted by Gasteiger charge is -2.23. The zero-order valence-corrected chi connectivity index (χ0v) is 17.5. The molecule has 1 atom stereocenters. The Labute approximate surface area is 181 Å². The first-order chi connectivity index (χ1) is 15.1. The molecule has 1 unspecified atom stereocenters. The highest BCUT2D eigenvalue weighted by molar-refractivity contribution is 5.80. The van der Waals surface area contributed by atoms with Crippen molar-refractivity contribution in [3.63, 3.8) is 0 Å². The van der Waals surface area contributed by atoms with Crippen LogP contribution in [-0.2, 0) is 0 Å². The highest BCUT2D eigenvalue weighted by Gasteiger charge is 2.21. The van der Waals surface area contributed by atoms with Gasteiger partial charge in [0.2, 0.25) is 0 Å². The summed E-state index contributed by atoms with van der Waals surface area (Å²) in [6.07, 6.45) is 5.92. The molecule has 1 saturated heterocycles. The minimum Gasteiger partial charge on any atom is -0.399 e. The Kier molecular flexibility index (Phi) is 4.78. The SMILES string of the molecule is C=C(N)c1cccc(-c2cc(Nc3cccc(N4CCCC4C)n3)c3ncnn3c2)c1. The van der Waals surface area contributed by atoms with Crippen LogP contribution in [0.5, 0.6) is 0 Å². The molecule has 5 rings (SSSR count). The molecule has 156 valence electrons. The fourth-order valence-corrected chi connectivity index (χ4v) is 4.14. The first-order valence-electron chi connectivity index (χ1n) is 10.5. The summed E-state index contributed by atoms with van der Waals surface area (Å²) in [4.78, 5) is 11.6. The van der Waals surface area contributed by atoms with Crippen LogP contribution in [0.1, 0.15) is 25.3 Å². The molecule has 7 heteroatoms. The second kappa shape index (κ2) is 7.75. The number of nitrogens with two attached hydrogens (primary N) is 1. The van der Waals surface area contributed by atoms with Crippen molar-refractivity contribution in [3.05, 3.63) is 73.2 Å². The first-order valence-corrected chi connectivity index (χ1v) is 10.5. The van der Waals surface area contributed by atoms with E-state index in [4.69, 9.17) is 10.7 Å². The zero-order valence-electron chi connectivity index (χ0n) is 17.5. The minimum absolute atomic E-state index is 0.513. The van der Waals surface area contributed by atoms with Crippen molar-refractivity contribution in [2.45, 2.75) is 25.8 Å². The number of fused-ring (bicyclic) bond motifs is 1. The molecule has 1 fully saturated rings. The molecule has 1 aromatic carbocycles. The van der Waals surface area contributed by atoms with E-state index in [0.29, 0.717) is 11.7 Å². The fourth-order valence-electron chi connectivity index (χ4n) is 4.14. The molecular formula is C24H25N7. The van der Waals surface area contributed by atoms with E-state index in [9.17, 15) is 0 Å². The summed E-state index contributed by atoms with van der Waals surface area (Å²) < 4.78 is 1.77. The predicted molar refractivity (Wildman–Crippen MR) is 125 cm³/mol. The number of rotatable bonds is 5. The third-order valence-electron chi connectivity index (χ3n) is 5.79. The standard InChI is InChI=1S/C24H25N7/c1-16-6-5-11-30(16)23-10-4-9-22(29-23)28-21-13-20(14-31-24(21)26-15-27-31)19-8-3-7-18(12-19)17(2)25/h3-4,7-10,12-16H,2,5-6,11,25H2,1H3,(H,28,29). The number of hydrogen-bond donors (Lipinski definition) is 2. The third kappa shape index (κ3) is 3.70. The van der Waals surface area contributed by atoms with E-state index >= 15 is 0 Å². The molecule has 0 aliphatic carbocycles. The molecule has 1 aliphatic rings. The van der Waals surface area contributed by atoms with Crippen molar-refractivity contribution in [1.82, 2.24) is 19.6 Å². The van der Waals surface area contributed by atoms with E-state index in [1.807, 2.05) is 42.6 Å².